The number of benzene rings is 1. The molecular weight excluding hydrogens is 350 g/mol. The van der Waals surface area contributed by atoms with Gasteiger partial charge in [-0.05, 0) is 0 Å². The van der Waals surface area contributed by atoms with Gasteiger partial charge >= 0.3 is 5.97 Å². The number of carbonyl (C=O) groups is 2. The second-order valence-electron chi connectivity index (χ2n) is 6.10. The first-order valence-electron chi connectivity index (χ1n) is 7.78. The van der Waals surface area contributed by atoms with Gasteiger partial charge in [0.1, 0.15) is 24.2 Å². The Morgan fingerprint density at radius 1 is 1.23 bits per heavy atom. The quantitative estimate of drug-likeness (QED) is 0.255. The molecule has 1 aliphatic rings. The zero-order chi connectivity index (χ0) is 19.6. The van der Waals surface area contributed by atoms with Crippen LogP contribution in [0.2, 0.25) is 0 Å². The SMILES string of the molecule is N[C@H]1[C@H]([C@H](O)[C@H](O)CO)OC(O)(C(=O)O)C(C(=O)c2ccccc2)[C@@H]1O. The minimum atomic E-state index is -3.21. The normalized spacial score (nSPS) is 34.1. The number of ether oxygens (including phenoxy) is 1. The number of carboxylic acid groups (broad SMARTS) is 1. The van der Waals surface area contributed by atoms with Crippen LogP contribution in [0.4, 0.5) is 0 Å². The van der Waals surface area contributed by atoms with Crippen molar-refractivity contribution in [3.63, 3.8) is 0 Å². The average molecular weight is 371 g/mol. The molecule has 26 heavy (non-hydrogen) atoms. The molecule has 1 aromatic carbocycles. The van der Waals surface area contributed by atoms with E-state index in [4.69, 9.17) is 15.6 Å². The summed E-state index contributed by atoms with van der Waals surface area (Å²) in [7, 11) is 0. The third-order valence-electron chi connectivity index (χ3n) is 4.42. The summed E-state index contributed by atoms with van der Waals surface area (Å²) in [6.07, 6.45) is -7.35. The van der Waals surface area contributed by atoms with Crippen molar-refractivity contribution in [2.45, 2.75) is 36.2 Å². The molecule has 0 spiro atoms. The predicted octanol–water partition coefficient (Wildman–Crippen LogP) is -2.94. The van der Waals surface area contributed by atoms with Crippen LogP contribution in [-0.2, 0) is 9.53 Å². The Morgan fingerprint density at radius 2 is 1.81 bits per heavy atom. The zero-order valence-corrected chi connectivity index (χ0v) is 13.5. The van der Waals surface area contributed by atoms with Gasteiger partial charge < -0.3 is 41.1 Å². The lowest BCUT2D eigenvalue weighted by molar-refractivity contribution is -0.308. The molecule has 0 amide bonds. The minimum absolute atomic E-state index is 0.0152. The number of ketones is 1. The highest BCUT2D eigenvalue weighted by Gasteiger charge is 2.61. The number of aliphatic hydroxyl groups is 5. The van der Waals surface area contributed by atoms with Crippen LogP contribution in [0.3, 0.4) is 0 Å². The molecular formula is C16H21NO9. The van der Waals surface area contributed by atoms with Crippen LogP contribution in [0.1, 0.15) is 10.4 Å². The van der Waals surface area contributed by atoms with E-state index in [9.17, 15) is 35.1 Å². The molecule has 0 saturated carbocycles. The van der Waals surface area contributed by atoms with E-state index in [2.05, 4.69) is 0 Å². The Labute approximate surface area is 148 Å². The largest absolute Gasteiger partial charge is 0.477 e. The Hall–Kier alpha value is -1.92. The number of carboxylic acids is 1. The summed E-state index contributed by atoms with van der Waals surface area (Å²) >= 11 is 0. The van der Waals surface area contributed by atoms with Gasteiger partial charge in [0.15, 0.2) is 5.78 Å². The fourth-order valence-electron chi connectivity index (χ4n) is 2.93. The highest BCUT2D eigenvalue weighted by Crippen LogP contribution is 2.36. The molecule has 2 unspecified atom stereocenters. The van der Waals surface area contributed by atoms with Crippen LogP contribution >= 0.6 is 0 Å². The van der Waals surface area contributed by atoms with Crippen LogP contribution in [0, 0.1) is 5.92 Å². The monoisotopic (exact) mass is 371 g/mol. The van der Waals surface area contributed by atoms with E-state index >= 15 is 0 Å². The second-order valence-corrected chi connectivity index (χ2v) is 6.10. The lowest BCUT2D eigenvalue weighted by atomic mass is 9.77. The van der Waals surface area contributed by atoms with Crippen molar-refractivity contribution in [1.82, 2.24) is 0 Å². The number of Topliss-reactive ketones (excluding diaryl/α,β-unsaturated/α-hetero) is 1. The van der Waals surface area contributed by atoms with E-state index in [1.807, 2.05) is 0 Å². The van der Waals surface area contributed by atoms with Crippen molar-refractivity contribution >= 4 is 11.8 Å². The molecule has 0 aromatic heterocycles. The summed E-state index contributed by atoms with van der Waals surface area (Å²) in [4.78, 5) is 24.3. The van der Waals surface area contributed by atoms with E-state index in [0.717, 1.165) is 0 Å². The van der Waals surface area contributed by atoms with Gasteiger partial charge in [0, 0.05) is 5.56 Å². The van der Waals surface area contributed by atoms with Crippen LogP contribution < -0.4 is 5.73 Å². The summed E-state index contributed by atoms with van der Waals surface area (Å²) in [6.45, 7) is -0.901. The average Bonchev–Trinajstić information content (AvgIpc) is 2.64. The van der Waals surface area contributed by atoms with Crippen molar-refractivity contribution in [2.24, 2.45) is 11.7 Å². The van der Waals surface area contributed by atoms with Crippen molar-refractivity contribution in [2.75, 3.05) is 6.61 Å². The number of aliphatic hydroxyl groups excluding tert-OH is 4. The molecule has 0 radical (unpaired) electrons. The number of rotatable bonds is 6. The molecule has 2 rings (SSSR count). The zero-order valence-electron chi connectivity index (χ0n) is 13.5. The molecule has 1 fully saturated rings. The van der Waals surface area contributed by atoms with E-state index in [-0.39, 0.29) is 5.56 Å². The van der Waals surface area contributed by atoms with Gasteiger partial charge in [-0.1, -0.05) is 30.3 Å². The highest BCUT2D eigenvalue weighted by atomic mass is 16.7. The Bertz CT molecular complexity index is 654. The fourth-order valence-corrected chi connectivity index (χ4v) is 2.93. The Morgan fingerprint density at radius 3 is 2.31 bits per heavy atom. The second kappa shape index (κ2) is 7.76. The predicted molar refractivity (Wildman–Crippen MR) is 84.8 cm³/mol. The lowest BCUT2D eigenvalue weighted by Crippen LogP contribution is -2.71. The topological polar surface area (TPSA) is 191 Å². The van der Waals surface area contributed by atoms with Crippen molar-refractivity contribution < 1.29 is 45.0 Å². The highest BCUT2D eigenvalue weighted by molar-refractivity contribution is 6.01. The molecule has 1 heterocycles. The van der Waals surface area contributed by atoms with Crippen LogP contribution in [0.25, 0.3) is 0 Å². The summed E-state index contributed by atoms with van der Waals surface area (Å²) in [5.41, 5.74) is 5.77. The standard InChI is InChI=1S/C16H21NO9/c17-10-13(22)9(11(20)7-4-2-1-3-5-7)16(25,15(23)24)26-14(10)12(21)8(19)6-18/h1-5,8-10,12-14,18-19,21-22,25H,6,17H2,(H,23,24)/t8-,9?,10-,12-,13+,14-,16?/m1/s1. The third-order valence-corrected chi connectivity index (χ3v) is 4.42. The van der Waals surface area contributed by atoms with Gasteiger partial charge in [0.25, 0.3) is 5.79 Å². The summed E-state index contributed by atoms with van der Waals surface area (Å²) in [6, 6.07) is 5.82. The maximum Gasteiger partial charge on any atom is 0.365 e. The van der Waals surface area contributed by atoms with Gasteiger partial charge in [-0.15, -0.1) is 0 Å². The summed E-state index contributed by atoms with van der Waals surface area (Å²) in [5, 5.41) is 58.7. The summed E-state index contributed by atoms with van der Waals surface area (Å²) in [5.74, 6) is -8.09. The van der Waals surface area contributed by atoms with Crippen LogP contribution in [-0.4, -0.2) is 85.2 Å². The molecule has 1 aliphatic heterocycles. The maximum absolute atomic E-state index is 12.7. The Kier molecular flexibility index (Phi) is 6.09. The molecule has 10 heteroatoms. The smallest absolute Gasteiger partial charge is 0.365 e. The van der Waals surface area contributed by atoms with Crippen LogP contribution in [0.15, 0.2) is 30.3 Å². The number of hydrogen-bond donors (Lipinski definition) is 7. The van der Waals surface area contributed by atoms with E-state index in [1.54, 1.807) is 6.07 Å². The maximum atomic E-state index is 12.7. The number of aliphatic carboxylic acids is 1. The molecule has 0 aliphatic carbocycles. The minimum Gasteiger partial charge on any atom is -0.477 e. The van der Waals surface area contributed by atoms with Gasteiger partial charge in [0.05, 0.1) is 18.8 Å². The number of carbonyl (C=O) groups excluding carboxylic acids is 1. The first kappa shape index (κ1) is 20.4. The van der Waals surface area contributed by atoms with E-state index < -0.39 is 60.5 Å². The third kappa shape index (κ3) is 3.48. The molecule has 144 valence electrons. The van der Waals surface area contributed by atoms with Crippen molar-refractivity contribution in [3.8, 4) is 0 Å². The van der Waals surface area contributed by atoms with E-state index in [1.165, 1.54) is 24.3 Å². The lowest BCUT2D eigenvalue weighted by Gasteiger charge is -2.47. The van der Waals surface area contributed by atoms with Crippen molar-refractivity contribution in [1.29, 1.82) is 0 Å². The molecule has 10 nitrogen and oxygen atoms in total. The molecule has 0 bridgehead atoms. The molecule has 1 saturated heterocycles. The summed E-state index contributed by atoms with van der Waals surface area (Å²) < 4.78 is 4.99. The number of nitrogens with two attached hydrogens (primary N) is 1. The molecule has 8 N–H and O–H groups in total. The number of hydrogen-bond acceptors (Lipinski definition) is 9. The first-order chi connectivity index (χ1) is 12.1. The van der Waals surface area contributed by atoms with Crippen molar-refractivity contribution in [3.05, 3.63) is 35.9 Å². The van der Waals surface area contributed by atoms with E-state index in [0.29, 0.717) is 0 Å². The molecule has 7 atom stereocenters. The van der Waals surface area contributed by atoms with Gasteiger partial charge in [-0.3, -0.25) is 4.79 Å². The fraction of sp³-hybridized carbons (Fsp3) is 0.500. The molecule has 1 aromatic rings. The van der Waals surface area contributed by atoms with Gasteiger partial charge in [-0.2, -0.15) is 0 Å². The first-order valence-corrected chi connectivity index (χ1v) is 7.78. The Balaban J connectivity index is 2.44. The van der Waals surface area contributed by atoms with Crippen LogP contribution in [0.5, 0.6) is 0 Å². The van der Waals surface area contributed by atoms with Gasteiger partial charge in [0.2, 0.25) is 0 Å². The van der Waals surface area contributed by atoms with Gasteiger partial charge in [-0.25, -0.2) is 4.79 Å².